The molecule has 0 aliphatic heterocycles. The van der Waals surface area contributed by atoms with Crippen LogP contribution in [0, 0.1) is 25.2 Å². The highest BCUT2D eigenvalue weighted by Gasteiger charge is 2.03. The molecule has 1 aromatic rings. The van der Waals surface area contributed by atoms with E-state index in [4.69, 9.17) is 21.6 Å². The Labute approximate surface area is 95.4 Å². The average molecular weight is 224 g/mol. The Kier molecular flexibility index (Phi) is 4.45. The van der Waals surface area contributed by atoms with Crippen LogP contribution in [-0.4, -0.2) is 6.61 Å². The minimum Gasteiger partial charge on any atom is -0.494 e. The number of benzene rings is 1. The van der Waals surface area contributed by atoms with Gasteiger partial charge in [-0.2, -0.15) is 5.26 Å². The number of nitrogens with zero attached hydrogens (tertiary/aromatic N) is 1. The monoisotopic (exact) mass is 223 g/mol. The largest absolute Gasteiger partial charge is 0.494 e. The first-order chi connectivity index (χ1) is 7.15. The first kappa shape index (κ1) is 11.9. The first-order valence-electron chi connectivity index (χ1n) is 4.91. The molecular weight excluding hydrogens is 210 g/mol. The lowest BCUT2D eigenvalue weighted by Gasteiger charge is -2.09. The maximum atomic E-state index is 8.37. The Morgan fingerprint density at radius 3 is 2.47 bits per heavy atom. The molecule has 2 nitrogen and oxygen atoms in total. The molecular formula is C12H14ClNO. The second kappa shape index (κ2) is 5.63. The van der Waals surface area contributed by atoms with Crippen LogP contribution in [0.25, 0.3) is 0 Å². The summed E-state index contributed by atoms with van der Waals surface area (Å²) in [6, 6.07) is 5.92. The van der Waals surface area contributed by atoms with Gasteiger partial charge in [-0.1, -0.05) is 11.6 Å². The molecule has 0 spiro atoms. The smallest absolute Gasteiger partial charge is 0.119 e. The average Bonchev–Trinajstić information content (AvgIpc) is 2.21. The lowest BCUT2D eigenvalue weighted by molar-refractivity contribution is 0.312. The van der Waals surface area contributed by atoms with Crippen molar-refractivity contribution in [2.24, 2.45) is 0 Å². The van der Waals surface area contributed by atoms with Gasteiger partial charge in [0.2, 0.25) is 0 Å². The summed E-state index contributed by atoms with van der Waals surface area (Å²) in [4.78, 5) is 0. The second-order valence-corrected chi connectivity index (χ2v) is 3.86. The molecule has 15 heavy (non-hydrogen) atoms. The van der Waals surface area contributed by atoms with Crippen LogP contribution in [-0.2, 0) is 0 Å². The maximum absolute atomic E-state index is 8.37. The number of nitriles is 1. The number of hydrogen-bond acceptors (Lipinski definition) is 2. The van der Waals surface area contributed by atoms with Gasteiger partial charge in [0.05, 0.1) is 12.7 Å². The van der Waals surface area contributed by atoms with Crippen LogP contribution in [0.4, 0.5) is 0 Å². The second-order valence-electron chi connectivity index (χ2n) is 3.48. The van der Waals surface area contributed by atoms with Crippen molar-refractivity contribution in [3.8, 4) is 11.8 Å². The van der Waals surface area contributed by atoms with E-state index in [9.17, 15) is 0 Å². The van der Waals surface area contributed by atoms with Gasteiger partial charge in [-0.05, 0) is 43.5 Å². The molecule has 0 saturated carbocycles. The van der Waals surface area contributed by atoms with Crippen LogP contribution in [0.3, 0.4) is 0 Å². The minimum absolute atomic E-state index is 0.533. The molecule has 0 radical (unpaired) electrons. The van der Waals surface area contributed by atoms with E-state index in [1.54, 1.807) is 0 Å². The van der Waals surface area contributed by atoms with Crippen LogP contribution >= 0.6 is 11.6 Å². The summed E-state index contributed by atoms with van der Waals surface area (Å²) in [5.41, 5.74) is 2.04. The first-order valence-corrected chi connectivity index (χ1v) is 5.29. The highest BCUT2D eigenvalue weighted by molar-refractivity contribution is 6.32. The van der Waals surface area contributed by atoms with E-state index in [2.05, 4.69) is 6.07 Å². The van der Waals surface area contributed by atoms with Gasteiger partial charge in [-0.15, -0.1) is 0 Å². The number of hydrogen-bond donors (Lipinski definition) is 0. The predicted molar refractivity (Wildman–Crippen MR) is 61.3 cm³/mol. The van der Waals surface area contributed by atoms with Crippen molar-refractivity contribution in [2.75, 3.05) is 6.61 Å². The topological polar surface area (TPSA) is 33.0 Å². The molecule has 80 valence electrons. The van der Waals surface area contributed by atoms with Gasteiger partial charge in [-0.25, -0.2) is 0 Å². The lowest BCUT2D eigenvalue weighted by atomic mass is 10.1. The molecule has 0 amide bonds. The van der Waals surface area contributed by atoms with Crippen molar-refractivity contribution in [1.82, 2.24) is 0 Å². The van der Waals surface area contributed by atoms with Crippen molar-refractivity contribution < 1.29 is 4.74 Å². The third-order valence-corrected chi connectivity index (χ3v) is 2.71. The number of ether oxygens (including phenoxy) is 1. The molecule has 0 saturated heterocycles. The fourth-order valence-corrected chi connectivity index (χ4v) is 1.44. The fourth-order valence-electron chi connectivity index (χ4n) is 1.33. The SMILES string of the molecule is Cc1cc(OCCCC#N)cc(C)c1Cl. The van der Waals surface area contributed by atoms with E-state index >= 15 is 0 Å². The Morgan fingerprint density at radius 1 is 1.33 bits per heavy atom. The molecule has 0 unspecified atom stereocenters. The van der Waals surface area contributed by atoms with E-state index in [-0.39, 0.29) is 0 Å². The van der Waals surface area contributed by atoms with Gasteiger partial charge < -0.3 is 4.74 Å². The highest BCUT2D eigenvalue weighted by atomic mass is 35.5. The van der Waals surface area contributed by atoms with E-state index in [0.717, 1.165) is 28.3 Å². The molecule has 0 aromatic heterocycles. The van der Waals surface area contributed by atoms with Gasteiger partial charge >= 0.3 is 0 Å². The van der Waals surface area contributed by atoms with Crippen molar-refractivity contribution in [3.05, 3.63) is 28.3 Å². The van der Waals surface area contributed by atoms with E-state index < -0.39 is 0 Å². The zero-order valence-electron chi connectivity index (χ0n) is 9.01. The van der Waals surface area contributed by atoms with Gasteiger partial charge in [-0.3, -0.25) is 0 Å². The van der Waals surface area contributed by atoms with Crippen molar-refractivity contribution in [2.45, 2.75) is 26.7 Å². The van der Waals surface area contributed by atoms with Crippen LogP contribution in [0.1, 0.15) is 24.0 Å². The fraction of sp³-hybridized carbons (Fsp3) is 0.417. The molecule has 0 atom stereocenters. The minimum atomic E-state index is 0.533. The summed E-state index contributed by atoms with van der Waals surface area (Å²) in [6.45, 7) is 4.49. The molecule has 0 bridgehead atoms. The van der Waals surface area contributed by atoms with Gasteiger partial charge in [0.1, 0.15) is 5.75 Å². The summed E-state index contributed by atoms with van der Waals surface area (Å²) in [6.07, 6.45) is 1.29. The summed E-state index contributed by atoms with van der Waals surface area (Å²) < 4.78 is 5.51. The third kappa shape index (κ3) is 3.45. The molecule has 0 aliphatic carbocycles. The molecule has 0 aliphatic rings. The normalized spacial score (nSPS) is 9.73. The Balaban J connectivity index is 2.59. The number of rotatable bonds is 4. The molecule has 0 N–H and O–H groups in total. The zero-order valence-corrected chi connectivity index (χ0v) is 9.77. The van der Waals surface area contributed by atoms with Gasteiger partial charge in [0, 0.05) is 11.4 Å². The van der Waals surface area contributed by atoms with Crippen molar-refractivity contribution >= 4 is 11.6 Å². The lowest BCUT2D eigenvalue weighted by Crippen LogP contribution is -1.97. The highest BCUT2D eigenvalue weighted by Crippen LogP contribution is 2.25. The van der Waals surface area contributed by atoms with Crippen LogP contribution in [0.15, 0.2) is 12.1 Å². The van der Waals surface area contributed by atoms with Gasteiger partial charge in [0.15, 0.2) is 0 Å². The van der Waals surface area contributed by atoms with E-state index in [1.165, 1.54) is 0 Å². The molecule has 1 aromatic carbocycles. The van der Waals surface area contributed by atoms with Crippen molar-refractivity contribution in [3.63, 3.8) is 0 Å². The molecule has 0 heterocycles. The van der Waals surface area contributed by atoms with E-state index in [0.29, 0.717) is 13.0 Å². The number of unbranched alkanes of at least 4 members (excludes halogenated alkanes) is 1. The molecule has 3 heteroatoms. The Morgan fingerprint density at radius 2 is 1.93 bits per heavy atom. The Hall–Kier alpha value is -1.20. The summed E-state index contributed by atoms with van der Waals surface area (Å²) in [5.74, 6) is 0.826. The third-order valence-electron chi connectivity index (χ3n) is 2.11. The molecule has 1 rings (SSSR count). The van der Waals surface area contributed by atoms with Crippen LogP contribution in [0.5, 0.6) is 5.75 Å². The van der Waals surface area contributed by atoms with Crippen molar-refractivity contribution in [1.29, 1.82) is 5.26 Å². The summed E-state index contributed by atoms with van der Waals surface area (Å²) in [5, 5.41) is 9.16. The number of halogens is 1. The summed E-state index contributed by atoms with van der Waals surface area (Å²) in [7, 11) is 0. The summed E-state index contributed by atoms with van der Waals surface area (Å²) >= 11 is 6.03. The van der Waals surface area contributed by atoms with Crippen LogP contribution < -0.4 is 4.74 Å². The standard InChI is InChI=1S/C12H14ClNO/c1-9-7-11(8-10(2)12(9)13)15-6-4-3-5-14/h7-8H,3-4,6H2,1-2H3. The Bertz CT molecular complexity index is 359. The zero-order chi connectivity index (χ0) is 11.3. The predicted octanol–water partition coefficient (Wildman–Crippen LogP) is 3.64. The number of aryl methyl sites for hydroxylation is 2. The maximum Gasteiger partial charge on any atom is 0.119 e. The van der Waals surface area contributed by atoms with Crippen LogP contribution in [0.2, 0.25) is 5.02 Å². The van der Waals surface area contributed by atoms with E-state index in [1.807, 2.05) is 26.0 Å². The molecule has 0 fully saturated rings. The quantitative estimate of drug-likeness (QED) is 0.731. The van der Waals surface area contributed by atoms with Gasteiger partial charge in [0.25, 0.3) is 0 Å².